The summed E-state index contributed by atoms with van der Waals surface area (Å²) in [6, 6.07) is 2.12. The molecule has 0 spiro atoms. The number of nitrogens with one attached hydrogen (secondary N) is 2. The Labute approximate surface area is 241 Å². The molecule has 1 aromatic carbocycles. The van der Waals surface area contributed by atoms with Gasteiger partial charge in [-0.1, -0.05) is 25.4 Å². The number of halogens is 1. The molecule has 1 saturated heterocycles. The largest absolute Gasteiger partial charge is 0.488 e. The maximum Gasteiger partial charge on any atom is 0.229 e. The molecule has 1 unspecified atom stereocenters. The number of likely N-dealkylation sites (tertiary alicyclic amines) is 1. The molecular weight excluding hydrogens is 550 g/mol. The van der Waals surface area contributed by atoms with Crippen molar-refractivity contribution in [3.63, 3.8) is 0 Å². The van der Waals surface area contributed by atoms with Crippen molar-refractivity contribution in [1.29, 1.82) is 0 Å². The number of fused-ring (bicyclic) bond motifs is 1. The molecule has 0 radical (unpaired) electrons. The molecule has 0 saturated carbocycles. The van der Waals surface area contributed by atoms with E-state index < -0.39 is 9.84 Å². The van der Waals surface area contributed by atoms with E-state index in [1.807, 2.05) is 13.8 Å². The lowest BCUT2D eigenvalue weighted by atomic mass is 9.82. The molecule has 40 heavy (non-hydrogen) atoms. The lowest BCUT2D eigenvalue weighted by Gasteiger charge is -2.31. The number of rotatable bonds is 8. The highest BCUT2D eigenvalue weighted by Gasteiger charge is 2.32. The van der Waals surface area contributed by atoms with E-state index in [1.165, 1.54) is 27.6 Å². The number of hydrogen-bond donors (Lipinski definition) is 2. The summed E-state index contributed by atoms with van der Waals surface area (Å²) in [5, 5.41) is 10.8. The van der Waals surface area contributed by atoms with Gasteiger partial charge in [0.2, 0.25) is 11.0 Å². The van der Waals surface area contributed by atoms with Crippen LogP contribution >= 0.6 is 11.6 Å². The van der Waals surface area contributed by atoms with Crippen LogP contribution in [0.2, 0.25) is 5.02 Å². The minimum atomic E-state index is -3.61. The number of anilines is 4. The minimum Gasteiger partial charge on any atom is -0.488 e. The molecule has 216 valence electrons. The number of aromatic nitrogens is 4. The van der Waals surface area contributed by atoms with E-state index in [2.05, 4.69) is 57.6 Å². The second kappa shape index (κ2) is 11.2. The number of sulfone groups is 1. The van der Waals surface area contributed by atoms with Crippen LogP contribution < -0.4 is 15.4 Å². The van der Waals surface area contributed by atoms with Crippen molar-refractivity contribution in [3.8, 4) is 5.75 Å². The van der Waals surface area contributed by atoms with Crippen LogP contribution in [0.15, 0.2) is 23.5 Å². The number of aryl methyl sites for hydroxylation is 2. The highest BCUT2D eigenvalue weighted by Crippen LogP contribution is 2.45. The fraction of sp³-hybridized carbons (Fsp3) is 0.536. The maximum atomic E-state index is 13.0. The lowest BCUT2D eigenvalue weighted by molar-refractivity contribution is 0.254. The van der Waals surface area contributed by atoms with Crippen molar-refractivity contribution >= 4 is 44.6 Å². The second-order valence-corrected chi connectivity index (χ2v) is 13.9. The van der Waals surface area contributed by atoms with Crippen LogP contribution in [0.4, 0.5) is 23.1 Å². The molecule has 2 N–H and O–H groups in total. The van der Waals surface area contributed by atoms with E-state index in [1.54, 1.807) is 13.2 Å². The first-order valence-electron chi connectivity index (χ1n) is 13.8. The summed E-state index contributed by atoms with van der Waals surface area (Å²) in [5.74, 6) is 1.92. The van der Waals surface area contributed by atoms with Gasteiger partial charge in [0.25, 0.3) is 0 Å². The Hall–Kier alpha value is -2.89. The lowest BCUT2D eigenvalue weighted by Crippen LogP contribution is -2.29. The molecule has 1 fully saturated rings. The Morgan fingerprint density at radius 3 is 2.60 bits per heavy atom. The molecule has 0 aliphatic carbocycles. The first-order chi connectivity index (χ1) is 18.9. The summed E-state index contributed by atoms with van der Waals surface area (Å²) in [6.45, 7) is 10.2. The van der Waals surface area contributed by atoms with Crippen molar-refractivity contribution in [2.75, 3.05) is 36.5 Å². The molecular formula is C28H38ClN7O3S. The van der Waals surface area contributed by atoms with Crippen molar-refractivity contribution in [3.05, 3.63) is 40.2 Å². The van der Waals surface area contributed by atoms with Gasteiger partial charge in [-0.05, 0) is 75.9 Å². The summed E-state index contributed by atoms with van der Waals surface area (Å²) in [7, 11) is 0.245. The average molecular weight is 588 g/mol. The first-order valence-corrected chi connectivity index (χ1v) is 15.8. The van der Waals surface area contributed by atoms with Crippen LogP contribution in [0.3, 0.4) is 0 Å². The zero-order valence-corrected chi connectivity index (χ0v) is 25.5. The number of hydrogen-bond acceptors (Lipinski definition) is 9. The number of ether oxygens (including phenoxy) is 1. The molecule has 0 amide bonds. The third-order valence-electron chi connectivity index (χ3n) is 7.45. The molecule has 0 bridgehead atoms. The predicted octanol–water partition coefficient (Wildman–Crippen LogP) is 5.22. The topological polar surface area (TPSA) is 114 Å². The minimum absolute atomic E-state index is 0.0144. The zero-order chi connectivity index (χ0) is 28.8. The van der Waals surface area contributed by atoms with E-state index >= 15 is 0 Å². The average Bonchev–Trinajstić information content (AvgIpc) is 3.44. The normalized spacial score (nSPS) is 18.1. The molecule has 5 rings (SSSR count). The molecule has 3 aromatic rings. The molecule has 4 heterocycles. The molecule has 2 aliphatic heterocycles. The van der Waals surface area contributed by atoms with Crippen LogP contribution in [0.25, 0.3) is 0 Å². The summed E-state index contributed by atoms with van der Waals surface area (Å²) >= 11 is 6.44. The van der Waals surface area contributed by atoms with Crippen LogP contribution in [0.1, 0.15) is 56.2 Å². The van der Waals surface area contributed by atoms with Gasteiger partial charge in [-0.3, -0.25) is 4.68 Å². The maximum absolute atomic E-state index is 13.0. The van der Waals surface area contributed by atoms with Gasteiger partial charge in [-0.25, -0.2) is 13.4 Å². The molecule has 2 aromatic heterocycles. The van der Waals surface area contributed by atoms with Crippen LogP contribution in [-0.2, 0) is 23.3 Å². The summed E-state index contributed by atoms with van der Waals surface area (Å²) in [6.07, 6.45) is 6.33. The Morgan fingerprint density at radius 1 is 1.18 bits per heavy atom. The monoisotopic (exact) mass is 587 g/mol. The van der Waals surface area contributed by atoms with Crippen molar-refractivity contribution in [1.82, 2.24) is 24.6 Å². The highest BCUT2D eigenvalue weighted by molar-refractivity contribution is 7.91. The van der Waals surface area contributed by atoms with Gasteiger partial charge >= 0.3 is 0 Å². The highest BCUT2D eigenvalue weighted by atomic mass is 35.5. The van der Waals surface area contributed by atoms with E-state index in [-0.39, 0.29) is 33.6 Å². The van der Waals surface area contributed by atoms with Gasteiger partial charge in [-0.2, -0.15) is 10.1 Å². The SMILES string of the molecule is Cc1cc(Nc2ncc(Cl)c(Nc3cn(C)nc3S(=O)(=O)CC(C)C)n2)c2c(c1C1CCN(C)CC1)CC(C)O2. The quantitative estimate of drug-likeness (QED) is 0.366. The second-order valence-electron chi connectivity index (χ2n) is 11.5. The van der Waals surface area contributed by atoms with Crippen LogP contribution in [0.5, 0.6) is 5.75 Å². The fourth-order valence-electron chi connectivity index (χ4n) is 5.77. The van der Waals surface area contributed by atoms with Crippen molar-refractivity contribution in [2.45, 2.75) is 64.0 Å². The molecule has 1 atom stereocenters. The summed E-state index contributed by atoms with van der Waals surface area (Å²) in [5.41, 5.74) is 5.04. The standard InChI is InChI=1S/C28H38ClN7O3S/c1-16(2)15-40(37,38)27-23(14-36(6)34-27)31-26-21(29)13-30-28(33-26)32-22-11-17(3)24(19-7-9-35(5)10-8-19)20-12-18(4)39-25(20)22/h11,13-14,16,18-19H,7-10,12,15H2,1-6H3,(H2,30,31,32,33). The number of benzene rings is 1. The summed E-state index contributed by atoms with van der Waals surface area (Å²) < 4.78 is 33.7. The van der Waals surface area contributed by atoms with E-state index in [9.17, 15) is 8.42 Å². The fourth-order valence-corrected chi connectivity index (χ4v) is 7.64. The Morgan fingerprint density at radius 2 is 1.90 bits per heavy atom. The smallest absolute Gasteiger partial charge is 0.229 e. The summed E-state index contributed by atoms with van der Waals surface area (Å²) in [4.78, 5) is 11.4. The molecule has 2 aliphatic rings. The Kier molecular flexibility index (Phi) is 8.00. The van der Waals surface area contributed by atoms with Crippen molar-refractivity contribution in [2.24, 2.45) is 13.0 Å². The van der Waals surface area contributed by atoms with Gasteiger partial charge in [0.05, 0.1) is 23.3 Å². The first kappa shape index (κ1) is 28.6. The van der Waals surface area contributed by atoms with Gasteiger partial charge in [0.1, 0.15) is 16.9 Å². The van der Waals surface area contributed by atoms with Gasteiger partial charge in [-0.15, -0.1) is 0 Å². The number of piperidine rings is 1. The van der Waals surface area contributed by atoms with Gasteiger partial charge < -0.3 is 20.3 Å². The Balaban J connectivity index is 1.45. The van der Waals surface area contributed by atoms with E-state index in [0.717, 1.165) is 43.8 Å². The molecule has 10 nitrogen and oxygen atoms in total. The van der Waals surface area contributed by atoms with E-state index in [4.69, 9.17) is 16.3 Å². The number of nitrogens with zero attached hydrogens (tertiary/aromatic N) is 5. The predicted molar refractivity (Wildman–Crippen MR) is 158 cm³/mol. The third kappa shape index (κ3) is 5.91. The van der Waals surface area contributed by atoms with Crippen molar-refractivity contribution < 1.29 is 13.2 Å². The van der Waals surface area contributed by atoms with Gasteiger partial charge in [0.15, 0.2) is 15.7 Å². The van der Waals surface area contributed by atoms with E-state index in [0.29, 0.717) is 17.6 Å². The third-order valence-corrected chi connectivity index (χ3v) is 9.73. The molecule has 12 heteroatoms. The van der Waals surface area contributed by atoms with Gasteiger partial charge in [0, 0.05) is 25.2 Å². The Bertz CT molecular complexity index is 1510. The van der Waals surface area contributed by atoms with Crippen LogP contribution in [-0.4, -0.2) is 65.1 Å². The van der Waals surface area contributed by atoms with Crippen LogP contribution in [0, 0.1) is 12.8 Å². The zero-order valence-electron chi connectivity index (χ0n) is 24.0.